The summed E-state index contributed by atoms with van der Waals surface area (Å²) >= 11 is 0. The molecular formula is C9H16. The summed E-state index contributed by atoms with van der Waals surface area (Å²) in [7, 11) is 0. The lowest BCUT2D eigenvalue weighted by Crippen LogP contribution is -2.32. The lowest BCUT2D eigenvalue weighted by Gasteiger charge is -2.42. The maximum absolute atomic E-state index is 2.45. The molecule has 0 saturated heterocycles. The van der Waals surface area contributed by atoms with Gasteiger partial charge in [-0.2, -0.15) is 0 Å². The summed E-state index contributed by atoms with van der Waals surface area (Å²) < 4.78 is 0. The zero-order chi connectivity index (χ0) is 6.70. The first kappa shape index (κ1) is 5.76. The van der Waals surface area contributed by atoms with Crippen molar-refractivity contribution in [3.63, 3.8) is 0 Å². The van der Waals surface area contributed by atoms with Crippen molar-refractivity contribution in [1.82, 2.24) is 0 Å². The second-order valence-electron chi connectivity index (χ2n) is 4.92. The Bertz CT molecular complexity index is 135. The molecule has 3 saturated carbocycles. The molecule has 0 N–H and O–H groups in total. The molecule has 3 rings (SSSR count). The molecule has 3 aliphatic carbocycles. The van der Waals surface area contributed by atoms with Crippen molar-refractivity contribution in [2.45, 2.75) is 40.0 Å². The quantitative estimate of drug-likeness (QED) is 0.466. The smallest absolute Gasteiger partial charge is 0.0269 e. The van der Waals surface area contributed by atoms with Gasteiger partial charge in [0, 0.05) is 0 Å². The second-order valence-corrected chi connectivity index (χ2v) is 4.92. The first-order valence-electron chi connectivity index (χ1n) is 4.04. The maximum atomic E-state index is 2.45. The summed E-state index contributed by atoms with van der Waals surface area (Å²) in [5, 5.41) is 0. The normalized spacial score (nSPS) is 53.0. The van der Waals surface area contributed by atoms with Gasteiger partial charge in [0.25, 0.3) is 0 Å². The third-order valence-corrected chi connectivity index (χ3v) is 3.91. The summed E-state index contributed by atoms with van der Waals surface area (Å²) in [5.74, 6) is 1.10. The Morgan fingerprint density at radius 1 is 1.00 bits per heavy atom. The number of fused-ring (bicyclic) bond motifs is 1. The number of hydrogen-bond acceptors (Lipinski definition) is 0. The van der Waals surface area contributed by atoms with Crippen LogP contribution in [0.5, 0.6) is 0 Å². The summed E-state index contributed by atoms with van der Waals surface area (Å²) in [5.41, 5.74) is 1.40. The van der Waals surface area contributed by atoms with Crippen LogP contribution in [0, 0.1) is 16.7 Å². The first-order valence-corrected chi connectivity index (χ1v) is 4.04. The van der Waals surface area contributed by atoms with Crippen molar-refractivity contribution in [3.05, 3.63) is 0 Å². The highest BCUT2D eigenvalue weighted by atomic mass is 14.6. The average Bonchev–Trinajstić information content (AvgIpc) is 1.85. The third-order valence-electron chi connectivity index (χ3n) is 3.91. The van der Waals surface area contributed by atoms with Gasteiger partial charge in [0.1, 0.15) is 0 Å². The molecule has 52 valence electrons. The van der Waals surface area contributed by atoms with E-state index < -0.39 is 0 Å². The van der Waals surface area contributed by atoms with Gasteiger partial charge in [0.05, 0.1) is 0 Å². The van der Waals surface area contributed by atoms with Crippen LogP contribution in [-0.4, -0.2) is 0 Å². The van der Waals surface area contributed by atoms with E-state index in [9.17, 15) is 0 Å². The zero-order valence-corrected chi connectivity index (χ0v) is 6.70. The minimum Gasteiger partial charge on any atom is -0.0594 e. The van der Waals surface area contributed by atoms with Gasteiger partial charge in [0.15, 0.2) is 0 Å². The van der Waals surface area contributed by atoms with Crippen LogP contribution in [-0.2, 0) is 0 Å². The predicted octanol–water partition coefficient (Wildman–Crippen LogP) is 2.83. The van der Waals surface area contributed by atoms with E-state index in [1.54, 1.807) is 0 Å². The molecule has 0 radical (unpaired) electrons. The topological polar surface area (TPSA) is 0 Å². The van der Waals surface area contributed by atoms with Crippen LogP contribution in [0.15, 0.2) is 0 Å². The highest BCUT2D eigenvalue weighted by Crippen LogP contribution is 2.68. The molecule has 0 heterocycles. The molecule has 0 aromatic rings. The largest absolute Gasteiger partial charge is 0.0594 e. The van der Waals surface area contributed by atoms with Crippen LogP contribution in [0.2, 0.25) is 0 Å². The molecule has 0 atom stereocenters. The molecule has 0 aromatic heterocycles. The lowest BCUT2D eigenvalue weighted by molar-refractivity contribution is 0.0823. The monoisotopic (exact) mass is 124 g/mol. The lowest BCUT2D eigenvalue weighted by atomic mass is 9.63. The van der Waals surface area contributed by atoms with E-state index in [1.807, 2.05) is 0 Å². The van der Waals surface area contributed by atoms with E-state index in [4.69, 9.17) is 0 Å². The molecule has 3 aliphatic rings. The molecule has 2 bridgehead atoms. The predicted molar refractivity (Wildman–Crippen MR) is 39.2 cm³/mol. The summed E-state index contributed by atoms with van der Waals surface area (Å²) in [6.07, 6.45) is 4.52. The fourth-order valence-corrected chi connectivity index (χ4v) is 2.88. The van der Waals surface area contributed by atoms with Crippen LogP contribution < -0.4 is 0 Å². The molecule has 0 unspecified atom stereocenters. The van der Waals surface area contributed by atoms with Gasteiger partial charge in [-0.15, -0.1) is 0 Å². The van der Waals surface area contributed by atoms with Crippen molar-refractivity contribution in [1.29, 1.82) is 0 Å². The van der Waals surface area contributed by atoms with E-state index >= 15 is 0 Å². The average molecular weight is 124 g/mol. The van der Waals surface area contributed by atoms with Gasteiger partial charge in [-0.05, 0) is 36.0 Å². The minimum atomic E-state index is 0.664. The minimum absolute atomic E-state index is 0.664. The van der Waals surface area contributed by atoms with Gasteiger partial charge >= 0.3 is 0 Å². The number of hydrogen-bond donors (Lipinski definition) is 0. The molecule has 9 heavy (non-hydrogen) atoms. The highest BCUT2D eigenvalue weighted by Gasteiger charge is 2.58. The number of rotatable bonds is 0. The molecule has 3 fully saturated rings. The van der Waals surface area contributed by atoms with Crippen molar-refractivity contribution in [2.75, 3.05) is 0 Å². The Kier molecular flexibility index (Phi) is 0.774. The van der Waals surface area contributed by atoms with Crippen molar-refractivity contribution in [2.24, 2.45) is 16.7 Å². The van der Waals surface area contributed by atoms with E-state index in [1.165, 1.54) is 19.3 Å². The van der Waals surface area contributed by atoms with E-state index in [-0.39, 0.29) is 0 Å². The Balaban J connectivity index is 2.30. The SMILES string of the molecule is CC1(C)CC2CC1(C)C2. The van der Waals surface area contributed by atoms with Crippen molar-refractivity contribution in [3.8, 4) is 0 Å². The molecule has 0 spiro atoms. The standard InChI is InChI=1S/C9H16/c1-8(2)4-7-5-9(8,3)6-7/h7H,4-6H2,1-3H3. The van der Waals surface area contributed by atoms with Crippen molar-refractivity contribution < 1.29 is 0 Å². The first-order chi connectivity index (χ1) is 4.04. The van der Waals surface area contributed by atoms with Gasteiger partial charge in [-0.3, -0.25) is 0 Å². The van der Waals surface area contributed by atoms with Gasteiger partial charge in [0.2, 0.25) is 0 Å². The Labute approximate surface area is 57.6 Å². The maximum Gasteiger partial charge on any atom is -0.0269 e. The molecule has 0 heteroatoms. The second kappa shape index (κ2) is 1.21. The van der Waals surface area contributed by atoms with Crippen LogP contribution in [0.1, 0.15) is 40.0 Å². The molecule has 0 nitrogen and oxygen atoms in total. The van der Waals surface area contributed by atoms with Crippen LogP contribution in [0.3, 0.4) is 0 Å². The van der Waals surface area contributed by atoms with Crippen LogP contribution >= 0.6 is 0 Å². The van der Waals surface area contributed by atoms with Gasteiger partial charge < -0.3 is 0 Å². The van der Waals surface area contributed by atoms with Gasteiger partial charge in [-0.1, -0.05) is 20.8 Å². The Morgan fingerprint density at radius 2 is 1.56 bits per heavy atom. The molecule has 0 amide bonds. The third kappa shape index (κ3) is 0.500. The highest BCUT2D eigenvalue weighted by molar-refractivity contribution is 5.08. The van der Waals surface area contributed by atoms with Crippen molar-refractivity contribution >= 4 is 0 Å². The van der Waals surface area contributed by atoms with Gasteiger partial charge in [-0.25, -0.2) is 0 Å². The fraction of sp³-hybridized carbons (Fsp3) is 1.00. The fourth-order valence-electron chi connectivity index (χ4n) is 2.88. The summed E-state index contributed by atoms with van der Waals surface area (Å²) in [4.78, 5) is 0. The van der Waals surface area contributed by atoms with Crippen LogP contribution in [0.25, 0.3) is 0 Å². The van der Waals surface area contributed by atoms with E-state index in [0.29, 0.717) is 5.41 Å². The molecular weight excluding hydrogens is 108 g/mol. The summed E-state index contributed by atoms with van der Waals surface area (Å²) in [6.45, 7) is 7.32. The van der Waals surface area contributed by atoms with Crippen LogP contribution in [0.4, 0.5) is 0 Å². The Morgan fingerprint density at radius 3 is 1.67 bits per heavy atom. The molecule has 0 aliphatic heterocycles. The van der Waals surface area contributed by atoms with E-state index in [2.05, 4.69) is 20.8 Å². The molecule has 0 aromatic carbocycles. The van der Waals surface area contributed by atoms with E-state index in [0.717, 1.165) is 11.3 Å². The zero-order valence-electron chi connectivity index (χ0n) is 6.70. The summed E-state index contributed by atoms with van der Waals surface area (Å²) in [6, 6.07) is 0. The Hall–Kier alpha value is 0.